The standard InChI is InChI=1S/C38H39FN6O5/c1-4-45(38(49)50-20-30-24-8-5-6-9-25(24)34-26(30)10-7-11-27(34)35(46)41-15-14-40)17-16-42-37(48)33-21(2)32(43-22(33)3)19-29-28-18-23(39)12-13-31(28)44-36(29)47/h5-13,18-19,30,43H,4,14-17,20,40H2,1-3H3,(H,41,46)(H,42,48)(H,44,47). The van der Waals surface area contributed by atoms with E-state index in [0.29, 0.717) is 64.5 Å². The maximum atomic E-state index is 13.9. The van der Waals surface area contributed by atoms with Crippen LogP contribution in [0.5, 0.6) is 0 Å². The molecule has 4 aromatic rings. The van der Waals surface area contributed by atoms with Crippen LogP contribution in [0.1, 0.15) is 67.2 Å². The highest BCUT2D eigenvalue weighted by Crippen LogP contribution is 2.46. The Morgan fingerprint density at radius 1 is 0.980 bits per heavy atom. The van der Waals surface area contributed by atoms with E-state index in [0.717, 1.165) is 22.3 Å². The van der Waals surface area contributed by atoms with Crippen LogP contribution in [0.4, 0.5) is 14.9 Å². The van der Waals surface area contributed by atoms with E-state index in [4.69, 9.17) is 10.5 Å². The predicted octanol–water partition coefficient (Wildman–Crippen LogP) is 4.95. The number of aryl methyl sites for hydroxylation is 1. The molecule has 12 heteroatoms. The van der Waals surface area contributed by atoms with E-state index >= 15 is 0 Å². The topological polar surface area (TPSA) is 159 Å². The second-order valence-electron chi connectivity index (χ2n) is 12.2. The minimum absolute atomic E-state index is 0.0781. The van der Waals surface area contributed by atoms with Crippen LogP contribution in [0, 0.1) is 19.7 Å². The van der Waals surface area contributed by atoms with Crippen molar-refractivity contribution in [3.8, 4) is 11.1 Å². The number of hydrogen-bond donors (Lipinski definition) is 5. The molecule has 6 N–H and O–H groups in total. The Morgan fingerprint density at radius 3 is 2.52 bits per heavy atom. The van der Waals surface area contributed by atoms with Crippen LogP contribution in [0.25, 0.3) is 22.8 Å². The number of rotatable bonds is 11. The van der Waals surface area contributed by atoms with Crippen molar-refractivity contribution >= 4 is 41.2 Å². The largest absolute Gasteiger partial charge is 0.448 e. The normalized spacial score (nSPS) is 14.9. The summed E-state index contributed by atoms with van der Waals surface area (Å²) in [6.07, 6.45) is 1.10. The minimum atomic E-state index is -0.515. The SMILES string of the molecule is CCN(CCNC(=O)c1c(C)[nH]c(C=C2C(=O)Nc3ccc(F)cc32)c1C)C(=O)OCC1c2ccccc2-c2c(C(=O)NCCN)cccc21. The van der Waals surface area contributed by atoms with Gasteiger partial charge in [-0.25, -0.2) is 9.18 Å². The maximum absolute atomic E-state index is 13.9. The summed E-state index contributed by atoms with van der Waals surface area (Å²) in [5, 5.41) is 8.47. The number of nitrogens with zero attached hydrogens (tertiary/aromatic N) is 1. The highest BCUT2D eigenvalue weighted by molar-refractivity contribution is 6.35. The smallest absolute Gasteiger partial charge is 0.409 e. The molecule has 2 heterocycles. The Bertz CT molecular complexity index is 2040. The monoisotopic (exact) mass is 678 g/mol. The van der Waals surface area contributed by atoms with Gasteiger partial charge in [0.25, 0.3) is 17.7 Å². The van der Waals surface area contributed by atoms with E-state index in [-0.39, 0.29) is 43.3 Å². The molecule has 1 aromatic heterocycles. The summed E-state index contributed by atoms with van der Waals surface area (Å²) in [5.41, 5.74) is 13.3. The summed E-state index contributed by atoms with van der Waals surface area (Å²) in [6.45, 7) is 6.89. The molecule has 258 valence electrons. The zero-order valence-corrected chi connectivity index (χ0v) is 28.1. The summed E-state index contributed by atoms with van der Waals surface area (Å²) in [5.74, 6) is -1.61. The Kier molecular flexibility index (Phi) is 9.82. The number of nitrogens with one attached hydrogen (secondary N) is 4. The highest BCUT2D eigenvalue weighted by atomic mass is 19.1. The summed E-state index contributed by atoms with van der Waals surface area (Å²) in [6, 6.07) is 17.5. The molecular weight excluding hydrogens is 639 g/mol. The average molecular weight is 679 g/mol. The number of aromatic nitrogens is 1. The van der Waals surface area contributed by atoms with E-state index in [2.05, 4.69) is 20.9 Å². The van der Waals surface area contributed by atoms with Gasteiger partial charge in [-0.3, -0.25) is 14.4 Å². The molecule has 3 aromatic carbocycles. The van der Waals surface area contributed by atoms with Crippen LogP contribution in [0.3, 0.4) is 0 Å². The van der Waals surface area contributed by atoms with Gasteiger partial charge in [-0.05, 0) is 78.9 Å². The fraction of sp³-hybridized carbons (Fsp3) is 0.263. The van der Waals surface area contributed by atoms with Gasteiger partial charge in [-0.1, -0.05) is 36.4 Å². The quantitative estimate of drug-likeness (QED) is 0.141. The lowest BCUT2D eigenvalue weighted by Gasteiger charge is -2.22. The molecule has 11 nitrogen and oxygen atoms in total. The van der Waals surface area contributed by atoms with Gasteiger partial charge < -0.3 is 36.3 Å². The summed E-state index contributed by atoms with van der Waals surface area (Å²) in [7, 11) is 0. The predicted molar refractivity (Wildman–Crippen MR) is 189 cm³/mol. The van der Waals surface area contributed by atoms with Crippen molar-refractivity contribution in [3.63, 3.8) is 0 Å². The van der Waals surface area contributed by atoms with E-state index in [1.807, 2.05) is 43.3 Å². The third kappa shape index (κ3) is 6.49. The van der Waals surface area contributed by atoms with Crippen molar-refractivity contribution in [1.29, 1.82) is 0 Å². The highest BCUT2D eigenvalue weighted by Gasteiger charge is 2.33. The number of carbonyl (C=O) groups is 4. The van der Waals surface area contributed by atoms with Crippen molar-refractivity contribution in [2.45, 2.75) is 26.7 Å². The number of carbonyl (C=O) groups excluding carboxylic acids is 4. The Labute approximate surface area is 289 Å². The molecule has 0 saturated carbocycles. The third-order valence-corrected chi connectivity index (χ3v) is 9.19. The van der Waals surface area contributed by atoms with Crippen molar-refractivity contribution in [3.05, 3.63) is 111 Å². The van der Waals surface area contributed by atoms with E-state index in [9.17, 15) is 23.6 Å². The molecule has 4 amide bonds. The number of fused-ring (bicyclic) bond motifs is 4. The molecule has 0 spiro atoms. The maximum Gasteiger partial charge on any atom is 0.409 e. The first-order valence-corrected chi connectivity index (χ1v) is 16.5. The van der Waals surface area contributed by atoms with Gasteiger partial charge in [0.1, 0.15) is 12.4 Å². The minimum Gasteiger partial charge on any atom is -0.448 e. The van der Waals surface area contributed by atoms with Gasteiger partial charge in [0, 0.05) is 66.8 Å². The van der Waals surface area contributed by atoms with E-state index < -0.39 is 11.9 Å². The lowest BCUT2D eigenvalue weighted by Crippen LogP contribution is -2.39. The average Bonchev–Trinajstić information content (AvgIpc) is 3.71. The van der Waals surface area contributed by atoms with Gasteiger partial charge in [0.05, 0.1) is 11.1 Å². The van der Waals surface area contributed by atoms with Crippen LogP contribution in [0.2, 0.25) is 0 Å². The molecule has 6 rings (SSSR count). The van der Waals surface area contributed by atoms with Crippen LogP contribution < -0.4 is 21.7 Å². The first kappa shape index (κ1) is 34.1. The summed E-state index contributed by atoms with van der Waals surface area (Å²) >= 11 is 0. The van der Waals surface area contributed by atoms with Crippen molar-refractivity contribution in [1.82, 2.24) is 20.5 Å². The number of likely N-dealkylation sites (N-methyl/N-ethyl adjacent to an activating group) is 1. The number of amides is 4. The van der Waals surface area contributed by atoms with Gasteiger partial charge >= 0.3 is 6.09 Å². The molecule has 0 fully saturated rings. The molecule has 0 bridgehead atoms. The van der Waals surface area contributed by atoms with Gasteiger partial charge in [-0.15, -0.1) is 0 Å². The van der Waals surface area contributed by atoms with Crippen LogP contribution in [-0.2, 0) is 9.53 Å². The van der Waals surface area contributed by atoms with Crippen LogP contribution in [0.15, 0.2) is 60.7 Å². The fourth-order valence-corrected chi connectivity index (χ4v) is 6.73. The summed E-state index contributed by atoms with van der Waals surface area (Å²) < 4.78 is 19.8. The number of anilines is 1. The third-order valence-electron chi connectivity index (χ3n) is 9.19. The Balaban J connectivity index is 1.09. The van der Waals surface area contributed by atoms with Gasteiger partial charge in [0.2, 0.25) is 0 Å². The number of ether oxygens (including phenoxy) is 1. The van der Waals surface area contributed by atoms with E-state index in [1.54, 1.807) is 26.0 Å². The molecule has 1 aliphatic heterocycles. The fourth-order valence-electron chi connectivity index (χ4n) is 6.73. The number of benzene rings is 3. The lowest BCUT2D eigenvalue weighted by molar-refractivity contribution is -0.110. The summed E-state index contributed by atoms with van der Waals surface area (Å²) in [4.78, 5) is 56.8. The van der Waals surface area contributed by atoms with Gasteiger partial charge in [-0.2, -0.15) is 0 Å². The number of nitrogens with two attached hydrogens (primary N) is 1. The van der Waals surface area contributed by atoms with Gasteiger partial charge in [0.15, 0.2) is 0 Å². The Hall–Kier alpha value is -5.75. The molecule has 50 heavy (non-hydrogen) atoms. The molecular formula is C38H39FN6O5. The van der Waals surface area contributed by atoms with Crippen molar-refractivity contribution < 1.29 is 28.3 Å². The molecule has 1 unspecified atom stereocenters. The first-order chi connectivity index (χ1) is 24.1. The second kappa shape index (κ2) is 14.4. The first-order valence-electron chi connectivity index (χ1n) is 16.5. The molecule has 1 atom stereocenters. The molecule has 2 aliphatic rings. The zero-order valence-electron chi connectivity index (χ0n) is 28.1. The van der Waals surface area contributed by atoms with E-state index in [1.165, 1.54) is 23.1 Å². The number of halogens is 1. The molecule has 0 radical (unpaired) electrons. The number of aromatic amines is 1. The van der Waals surface area contributed by atoms with Crippen molar-refractivity contribution in [2.24, 2.45) is 5.73 Å². The zero-order chi connectivity index (χ0) is 35.5. The lowest BCUT2D eigenvalue weighted by atomic mass is 9.96. The van der Waals surface area contributed by atoms with Crippen LogP contribution >= 0.6 is 0 Å². The number of hydrogen-bond acceptors (Lipinski definition) is 6. The van der Waals surface area contributed by atoms with Crippen molar-refractivity contribution in [2.75, 3.05) is 44.6 Å². The Morgan fingerprint density at radius 2 is 1.74 bits per heavy atom. The second-order valence-corrected chi connectivity index (χ2v) is 12.2. The van der Waals surface area contributed by atoms with Crippen LogP contribution in [-0.4, -0.2) is 73.0 Å². The molecule has 0 saturated heterocycles. The molecule has 1 aliphatic carbocycles. The number of H-pyrrole nitrogens is 1.